The Morgan fingerprint density at radius 2 is 1.70 bits per heavy atom. The van der Waals surface area contributed by atoms with E-state index < -0.39 is 12.4 Å². The van der Waals surface area contributed by atoms with Crippen LogP contribution in [0.2, 0.25) is 0 Å². The third kappa shape index (κ3) is 4.40. The van der Waals surface area contributed by atoms with Crippen molar-refractivity contribution < 1.29 is 17.9 Å². The molecular weight excluding hydrogens is 293 g/mol. The minimum atomic E-state index is -4.69. The molecule has 0 radical (unpaired) electrons. The predicted molar refractivity (Wildman–Crippen MR) is 70.6 cm³/mol. The molecule has 0 aliphatic rings. The van der Waals surface area contributed by atoms with Gasteiger partial charge in [-0.2, -0.15) is 0 Å². The van der Waals surface area contributed by atoms with E-state index in [4.69, 9.17) is 5.73 Å². The van der Waals surface area contributed by atoms with Crippen LogP contribution in [-0.4, -0.2) is 11.3 Å². The Morgan fingerprint density at radius 3 is 2.20 bits per heavy atom. The van der Waals surface area contributed by atoms with Crippen LogP contribution < -0.4 is 10.5 Å². The highest BCUT2D eigenvalue weighted by Crippen LogP contribution is 2.25. The maximum Gasteiger partial charge on any atom is 0.573 e. The fourth-order valence-corrected chi connectivity index (χ4v) is 1.61. The average Bonchev–Trinajstić information content (AvgIpc) is 2.38. The summed E-state index contributed by atoms with van der Waals surface area (Å²) in [7, 11) is 0. The number of halogens is 4. The van der Waals surface area contributed by atoms with Gasteiger partial charge in [-0.1, -0.05) is 18.2 Å². The Balaban J connectivity index is 0.00000200. The smallest absolute Gasteiger partial charge is 0.406 e. The number of aromatic nitrogens is 1. The average molecular weight is 305 g/mol. The zero-order valence-corrected chi connectivity index (χ0v) is 11.0. The normalized spacial score (nSPS) is 12.4. The molecule has 1 heterocycles. The summed E-state index contributed by atoms with van der Waals surface area (Å²) < 4.78 is 39.8. The Morgan fingerprint density at radius 1 is 1.05 bits per heavy atom. The van der Waals surface area contributed by atoms with Gasteiger partial charge in [-0.3, -0.25) is 4.98 Å². The zero-order chi connectivity index (χ0) is 13.9. The minimum absolute atomic E-state index is 0. The molecule has 1 aromatic heterocycles. The Labute approximate surface area is 120 Å². The van der Waals surface area contributed by atoms with E-state index in [2.05, 4.69) is 9.72 Å². The van der Waals surface area contributed by atoms with Gasteiger partial charge in [0.25, 0.3) is 0 Å². The predicted octanol–water partition coefficient (Wildman–Crippen LogP) is 3.45. The molecule has 1 aromatic carbocycles. The van der Waals surface area contributed by atoms with Crippen molar-refractivity contribution in [2.45, 2.75) is 12.4 Å². The lowest BCUT2D eigenvalue weighted by Crippen LogP contribution is -2.17. The minimum Gasteiger partial charge on any atom is -0.406 e. The highest BCUT2D eigenvalue weighted by molar-refractivity contribution is 5.85. The summed E-state index contributed by atoms with van der Waals surface area (Å²) in [5, 5.41) is 0. The molecule has 0 amide bonds. The summed E-state index contributed by atoms with van der Waals surface area (Å²) >= 11 is 0. The van der Waals surface area contributed by atoms with Crippen LogP contribution in [0.25, 0.3) is 0 Å². The Bertz CT molecular complexity index is 532. The first-order valence-corrected chi connectivity index (χ1v) is 5.48. The highest BCUT2D eigenvalue weighted by atomic mass is 35.5. The van der Waals surface area contributed by atoms with Gasteiger partial charge in [0.2, 0.25) is 0 Å². The highest BCUT2D eigenvalue weighted by Gasteiger charge is 2.31. The van der Waals surface area contributed by atoms with Gasteiger partial charge in [0.1, 0.15) is 5.75 Å². The van der Waals surface area contributed by atoms with E-state index in [0.29, 0.717) is 11.3 Å². The molecule has 0 bridgehead atoms. The molecule has 0 saturated heterocycles. The molecule has 0 spiro atoms. The maximum absolute atomic E-state index is 12.0. The van der Waals surface area contributed by atoms with Crippen LogP contribution in [0.1, 0.15) is 17.3 Å². The number of nitrogens with two attached hydrogens (primary N) is 1. The maximum atomic E-state index is 12.0. The lowest BCUT2D eigenvalue weighted by Gasteiger charge is -2.13. The van der Waals surface area contributed by atoms with Crippen LogP contribution in [0.15, 0.2) is 48.7 Å². The summed E-state index contributed by atoms with van der Waals surface area (Å²) in [6.45, 7) is 0. The Kier molecular flexibility index (Phi) is 5.35. The number of pyridine rings is 1. The van der Waals surface area contributed by atoms with E-state index in [-0.39, 0.29) is 18.2 Å². The van der Waals surface area contributed by atoms with Crippen molar-refractivity contribution in [1.29, 1.82) is 0 Å². The van der Waals surface area contributed by atoms with E-state index in [9.17, 15) is 13.2 Å². The van der Waals surface area contributed by atoms with Crippen LogP contribution in [0, 0.1) is 0 Å². The fraction of sp³-hybridized carbons (Fsp3) is 0.154. The van der Waals surface area contributed by atoms with Gasteiger partial charge >= 0.3 is 6.36 Å². The second-order valence-corrected chi connectivity index (χ2v) is 3.85. The van der Waals surface area contributed by atoms with Crippen LogP contribution in [0.3, 0.4) is 0 Å². The third-order valence-corrected chi connectivity index (χ3v) is 2.48. The topological polar surface area (TPSA) is 48.1 Å². The molecular formula is C13H12ClF3N2O. The molecule has 0 aliphatic heterocycles. The number of hydrogen-bond acceptors (Lipinski definition) is 3. The van der Waals surface area contributed by atoms with Gasteiger partial charge < -0.3 is 10.5 Å². The van der Waals surface area contributed by atoms with Crippen LogP contribution in [-0.2, 0) is 0 Å². The molecule has 7 heteroatoms. The second kappa shape index (κ2) is 6.58. The number of benzene rings is 1. The number of rotatable bonds is 3. The van der Waals surface area contributed by atoms with Gasteiger partial charge in [0.15, 0.2) is 0 Å². The molecule has 0 unspecified atom stereocenters. The molecule has 0 saturated carbocycles. The van der Waals surface area contributed by atoms with Gasteiger partial charge in [-0.05, 0) is 29.8 Å². The lowest BCUT2D eigenvalue weighted by molar-refractivity contribution is -0.274. The van der Waals surface area contributed by atoms with Gasteiger partial charge in [-0.25, -0.2) is 0 Å². The van der Waals surface area contributed by atoms with E-state index in [1.807, 2.05) is 0 Å². The number of alkyl halides is 3. The molecule has 0 fully saturated rings. The van der Waals surface area contributed by atoms with Crippen molar-refractivity contribution in [3.63, 3.8) is 0 Å². The molecule has 2 aromatic rings. The van der Waals surface area contributed by atoms with Crippen molar-refractivity contribution in [2.24, 2.45) is 5.73 Å². The van der Waals surface area contributed by atoms with Gasteiger partial charge in [0, 0.05) is 6.20 Å². The monoisotopic (exact) mass is 304 g/mol. The first-order chi connectivity index (χ1) is 8.96. The van der Waals surface area contributed by atoms with E-state index in [1.54, 1.807) is 24.4 Å². The molecule has 2 N–H and O–H groups in total. The van der Waals surface area contributed by atoms with Crippen LogP contribution in [0.5, 0.6) is 5.75 Å². The molecule has 108 valence electrons. The molecule has 0 aliphatic carbocycles. The molecule has 3 nitrogen and oxygen atoms in total. The van der Waals surface area contributed by atoms with Crippen molar-refractivity contribution in [3.8, 4) is 5.75 Å². The van der Waals surface area contributed by atoms with Crippen molar-refractivity contribution >= 4 is 12.4 Å². The van der Waals surface area contributed by atoms with E-state index in [1.165, 1.54) is 24.3 Å². The molecule has 1 atom stereocenters. The van der Waals surface area contributed by atoms with E-state index >= 15 is 0 Å². The number of hydrogen-bond donors (Lipinski definition) is 1. The second-order valence-electron chi connectivity index (χ2n) is 3.85. The number of nitrogens with zero attached hydrogens (tertiary/aromatic N) is 1. The molecule has 2 rings (SSSR count). The van der Waals surface area contributed by atoms with Gasteiger partial charge in [0.05, 0.1) is 11.7 Å². The van der Waals surface area contributed by atoms with E-state index in [0.717, 1.165) is 0 Å². The summed E-state index contributed by atoms with van der Waals surface area (Å²) in [6.07, 6.45) is -3.08. The number of ether oxygens (including phenoxy) is 1. The largest absolute Gasteiger partial charge is 0.573 e. The Hall–Kier alpha value is -1.79. The summed E-state index contributed by atoms with van der Waals surface area (Å²) in [6, 6.07) is 10.3. The fourth-order valence-electron chi connectivity index (χ4n) is 1.61. The quantitative estimate of drug-likeness (QED) is 0.945. The van der Waals surface area contributed by atoms with Crippen molar-refractivity contribution in [2.75, 3.05) is 0 Å². The van der Waals surface area contributed by atoms with Crippen molar-refractivity contribution in [1.82, 2.24) is 4.98 Å². The summed E-state index contributed by atoms with van der Waals surface area (Å²) in [5.74, 6) is -0.274. The first kappa shape index (κ1) is 16.3. The van der Waals surface area contributed by atoms with Crippen LogP contribution in [0.4, 0.5) is 13.2 Å². The van der Waals surface area contributed by atoms with Crippen molar-refractivity contribution in [3.05, 3.63) is 59.9 Å². The third-order valence-electron chi connectivity index (χ3n) is 2.48. The standard InChI is InChI=1S/C13H11F3N2O.ClH/c14-13(15,16)19-10-6-4-9(5-7-10)12(17)11-3-1-2-8-18-11;/h1-8,12H,17H2;1H/t12-;/m1./s1. The SMILES string of the molecule is Cl.N[C@H](c1ccc(OC(F)(F)F)cc1)c1ccccn1. The van der Waals surface area contributed by atoms with Gasteiger partial charge in [-0.15, -0.1) is 25.6 Å². The summed E-state index contributed by atoms with van der Waals surface area (Å²) in [5.41, 5.74) is 7.27. The molecule has 20 heavy (non-hydrogen) atoms. The van der Waals surface area contributed by atoms with Crippen LogP contribution >= 0.6 is 12.4 Å². The lowest BCUT2D eigenvalue weighted by atomic mass is 10.0. The first-order valence-electron chi connectivity index (χ1n) is 5.48. The summed E-state index contributed by atoms with van der Waals surface area (Å²) in [4.78, 5) is 4.10. The zero-order valence-electron chi connectivity index (χ0n) is 10.2.